The zero-order valence-corrected chi connectivity index (χ0v) is 16.0. The van der Waals surface area contributed by atoms with Crippen LogP contribution in [0, 0.1) is 5.92 Å². The lowest BCUT2D eigenvalue weighted by Crippen LogP contribution is -2.38. The predicted octanol–water partition coefficient (Wildman–Crippen LogP) is 3.54. The minimum atomic E-state index is 0. The molecule has 4 nitrogen and oxygen atoms in total. The van der Waals surface area contributed by atoms with E-state index in [2.05, 4.69) is 31.1 Å². The second-order valence-corrected chi connectivity index (χ2v) is 5.54. The van der Waals surface area contributed by atoms with Gasteiger partial charge in [0.1, 0.15) is 0 Å². The molecule has 0 fully saturated rings. The van der Waals surface area contributed by atoms with E-state index in [1.807, 2.05) is 6.92 Å². The highest BCUT2D eigenvalue weighted by molar-refractivity contribution is 14.0. The Labute approximate surface area is 142 Å². The van der Waals surface area contributed by atoms with E-state index in [1.165, 1.54) is 12.8 Å². The van der Waals surface area contributed by atoms with Crippen LogP contribution in [0.5, 0.6) is 0 Å². The molecule has 0 aliphatic carbocycles. The van der Waals surface area contributed by atoms with Crippen LogP contribution in [0.3, 0.4) is 0 Å². The molecule has 0 bridgehead atoms. The standard InChI is InChI=1S/C15H33N3O.HI/c1-5-19-12-7-6-11-17-15(16)18-14(4)10-8-9-13(2)3;/h13-14H,5-12H2,1-4H3,(H3,16,17,18);1H. The molecule has 0 radical (unpaired) electrons. The molecule has 1 unspecified atom stereocenters. The molecule has 0 spiro atoms. The molecule has 0 rings (SSSR count). The Morgan fingerprint density at radius 1 is 1.15 bits per heavy atom. The second kappa shape index (κ2) is 15.4. The van der Waals surface area contributed by atoms with E-state index in [-0.39, 0.29) is 24.0 Å². The van der Waals surface area contributed by atoms with Gasteiger partial charge in [-0.15, -0.1) is 24.0 Å². The first-order valence-electron chi connectivity index (χ1n) is 7.70. The van der Waals surface area contributed by atoms with Crippen LogP contribution in [-0.4, -0.2) is 31.8 Å². The van der Waals surface area contributed by atoms with E-state index in [4.69, 9.17) is 10.5 Å². The highest BCUT2D eigenvalue weighted by Gasteiger charge is 2.03. The van der Waals surface area contributed by atoms with Crippen LogP contribution in [0.25, 0.3) is 0 Å². The van der Waals surface area contributed by atoms with Gasteiger partial charge in [-0.2, -0.15) is 0 Å². The first kappa shape index (κ1) is 22.2. The summed E-state index contributed by atoms with van der Waals surface area (Å²) in [6, 6.07) is 0.408. The molecule has 122 valence electrons. The number of rotatable bonds is 11. The number of aliphatic imine (C=N–C) groups is 1. The van der Waals surface area contributed by atoms with Crippen LogP contribution in [0.1, 0.15) is 59.8 Å². The zero-order valence-electron chi connectivity index (χ0n) is 13.7. The van der Waals surface area contributed by atoms with Crippen LogP contribution in [0.4, 0.5) is 0 Å². The number of guanidine groups is 1. The topological polar surface area (TPSA) is 59.6 Å². The molecular weight excluding hydrogens is 365 g/mol. The fourth-order valence-corrected chi connectivity index (χ4v) is 1.86. The molecule has 3 N–H and O–H groups in total. The van der Waals surface area contributed by atoms with Crippen molar-refractivity contribution in [3.8, 4) is 0 Å². The molecule has 0 aliphatic heterocycles. The molecule has 0 aromatic rings. The van der Waals surface area contributed by atoms with Crippen LogP contribution in [0.2, 0.25) is 0 Å². The Morgan fingerprint density at radius 3 is 2.45 bits per heavy atom. The van der Waals surface area contributed by atoms with Gasteiger partial charge in [0.2, 0.25) is 0 Å². The third-order valence-corrected chi connectivity index (χ3v) is 3.00. The summed E-state index contributed by atoms with van der Waals surface area (Å²) in [5, 5.41) is 3.25. The Balaban J connectivity index is 0. The highest BCUT2D eigenvalue weighted by atomic mass is 127. The average Bonchev–Trinajstić information content (AvgIpc) is 2.33. The number of nitrogens with zero attached hydrogens (tertiary/aromatic N) is 1. The van der Waals surface area contributed by atoms with Gasteiger partial charge in [0.25, 0.3) is 0 Å². The summed E-state index contributed by atoms with van der Waals surface area (Å²) in [6.45, 7) is 11.1. The number of ether oxygens (including phenoxy) is 1. The van der Waals surface area contributed by atoms with Gasteiger partial charge in [0.05, 0.1) is 0 Å². The SMILES string of the molecule is CCOCCCCN=C(N)NC(C)CCCC(C)C.I. The highest BCUT2D eigenvalue weighted by Crippen LogP contribution is 2.07. The summed E-state index contributed by atoms with van der Waals surface area (Å²) < 4.78 is 5.27. The van der Waals surface area contributed by atoms with Gasteiger partial charge in [-0.1, -0.05) is 26.7 Å². The molecule has 0 aliphatic rings. The number of hydrogen-bond acceptors (Lipinski definition) is 2. The van der Waals surface area contributed by atoms with Crippen LogP contribution in [-0.2, 0) is 4.74 Å². The molecule has 1 atom stereocenters. The number of hydrogen-bond donors (Lipinski definition) is 2. The Hall–Kier alpha value is -0.0400. The van der Waals surface area contributed by atoms with Crippen LogP contribution < -0.4 is 11.1 Å². The first-order chi connectivity index (χ1) is 9.06. The van der Waals surface area contributed by atoms with E-state index in [0.29, 0.717) is 12.0 Å². The smallest absolute Gasteiger partial charge is 0.188 e. The van der Waals surface area contributed by atoms with Crippen molar-refractivity contribution in [2.45, 2.75) is 65.8 Å². The fraction of sp³-hybridized carbons (Fsp3) is 0.933. The van der Waals surface area contributed by atoms with Gasteiger partial charge in [-0.25, -0.2) is 0 Å². The summed E-state index contributed by atoms with van der Waals surface area (Å²) in [4.78, 5) is 4.33. The maximum Gasteiger partial charge on any atom is 0.188 e. The molecule has 0 saturated carbocycles. The largest absolute Gasteiger partial charge is 0.382 e. The molecular formula is C15H34IN3O. The van der Waals surface area contributed by atoms with Crippen molar-refractivity contribution < 1.29 is 4.74 Å². The minimum absolute atomic E-state index is 0. The minimum Gasteiger partial charge on any atom is -0.382 e. The van der Waals surface area contributed by atoms with Crippen molar-refractivity contribution in [1.29, 1.82) is 0 Å². The van der Waals surface area contributed by atoms with Crippen LogP contribution in [0.15, 0.2) is 4.99 Å². The van der Waals surface area contributed by atoms with Crippen molar-refractivity contribution in [1.82, 2.24) is 5.32 Å². The van der Waals surface area contributed by atoms with Crippen molar-refractivity contribution in [3.63, 3.8) is 0 Å². The summed E-state index contributed by atoms with van der Waals surface area (Å²) in [5.74, 6) is 1.36. The molecule has 0 heterocycles. The molecule has 0 saturated heterocycles. The van der Waals surface area contributed by atoms with Crippen LogP contribution >= 0.6 is 24.0 Å². The number of halogens is 1. The van der Waals surface area contributed by atoms with Crippen molar-refractivity contribution in [3.05, 3.63) is 0 Å². The summed E-state index contributed by atoms with van der Waals surface area (Å²) in [7, 11) is 0. The Kier molecular flexibility index (Phi) is 17.1. The lowest BCUT2D eigenvalue weighted by atomic mass is 10.0. The lowest BCUT2D eigenvalue weighted by molar-refractivity contribution is 0.144. The van der Waals surface area contributed by atoms with E-state index in [9.17, 15) is 0 Å². The van der Waals surface area contributed by atoms with E-state index in [0.717, 1.165) is 44.9 Å². The second-order valence-electron chi connectivity index (χ2n) is 5.54. The molecule has 20 heavy (non-hydrogen) atoms. The maximum absolute atomic E-state index is 5.85. The Bertz CT molecular complexity index is 235. The van der Waals surface area contributed by atoms with Crippen molar-refractivity contribution >= 4 is 29.9 Å². The molecule has 5 heteroatoms. The lowest BCUT2D eigenvalue weighted by Gasteiger charge is -2.15. The van der Waals surface area contributed by atoms with E-state index in [1.54, 1.807) is 0 Å². The normalized spacial score (nSPS) is 13.2. The van der Waals surface area contributed by atoms with Gasteiger partial charge in [-0.05, 0) is 39.0 Å². The average molecular weight is 399 g/mol. The summed E-state index contributed by atoms with van der Waals surface area (Å²) in [6.07, 6.45) is 5.76. The third kappa shape index (κ3) is 16.0. The summed E-state index contributed by atoms with van der Waals surface area (Å²) in [5.41, 5.74) is 5.85. The first-order valence-corrected chi connectivity index (χ1v) is 7.70. The van der Waals surface area contributed by atoms with Gasteiger partial charge in [0, 0.05) is 25.8 Å². The van der Waals surface area contributed by atoms with Gasteiger partial charge in [0.15, 0.2) is 5.96 Å². The van der Waals surface area contributed by atoms with E-state index >= 15 is 0 Å². The predicted molar refractivity (Wildman–Crippen MR) is 98.9 cm³/mol. The fourth-order valence-electron chi connectivity index (χ4n) is 1.86. The third-order valence-electron chi connectivity index (χ3n) is 3.00. The number of nitrogens with one attached hydrogen (secondary N) is 1. The van der Waals surface area contributed by atoms with Gasteiger partial charge < -0.3 is 15.8 Å². The number of nitrogens with two attached hydrogens (primary N) is 1. The summed E-state index contributed by atoms with van der Waals surface area (Å²) >= 11 is 0. The van der Waals surface area contributed by atoms with Crippen molar-refractivity contribution in [2.75, 3.05) is 19.8 Å². The number of unbranched alkanes of at least 4 members (excludes halogenated alkanes) is 1. The Morgan fingerprint density at radius 2 is 1.85 bits per heavy atom. The zero-order chi connectivity index (χ0) is 14.5. The van der Waals surface area contributed by atoms with Gasteiger partial charge >= 0.3 is 0 Å². The van der Waals surface area contributed by atoms with Gasteiger partial charge in [-0.3, -0.25) is 4.99 Å². The maximum atomic E-state index is 5.85. The molecule has 0 aromatic carbocycles. The van der Waals surface area contributed by atoms with Crippen molar-refractivity contribution in [2.24, 2.45) is 16.6 Å². The quantitative estimate of drug-likeness (QED) is 0.242. The molecule has 0 amide bonds. The van der Waals surface area contributed by atoms with E-state index < -0.39 is 0 Å². The monoisotopic (exact) mass is 399 g/mol. The molecule has 0 aromatic heterocycles.